The minimum atomic E-state index is -2.57. The van der Waals surface area contributed by atoms with Gasteiger partial charge in [0, 0.05) is 24.7 Å². The van der Waals surface area contributed by atoms with Gasteiger partial charge in [0.05, 0.1) is 13.2 Å². The van der Waals surface area contributed by atoms with Crippen LogP contribution in [0, 0.1) is 5.82 Å². The first-order chi connectivity index (χ1) is 9.92. The smallest absolute Gasteiger partial charge is 0.328 e. The van der Waals surface area contributed by atoms with Gasteiger partial charge in [0.2, 0.25) is 0 Å². The van der Waals surface area contributed by atoms with Crippen LogP contribution in [0.5, 0.6) is 0 Å². The highest BCUT2D eigenvalue weighted by molar-refractivity contribution is 5.85. The van der Waals surface area contributed by atoms with Gasteiger partial charge in [0.25, 0.3) is 6.43 Å². The van der Waals surface area contributed by atoms with Crippen LogP contribution in [-0.2, 0) is 11.3 Å². The Morgan fingerprint density at radius 2 is 2.10 bits per heavy atom. The molecule has 0 amide bonds. The van der Waals surface area contributed by atoms with Crippen LogP contribution >= 0.6 is 0 Å². The van der Waals surface area contributed by atoms with Gasteiger partial charge in [0.1, 0.15) is 5.82 Å². The third kappa shape index (κ3) is 6.42. The van der Waals surface area contributed by atoms with E-state index in [1.807, 2.05) is 0 Å². The molecule has 0 aliphatic carbocycles. The van der Waals surface area contributed by atoms with Crippen LogP contribution < -0.4 is 0 Å². The lowest BCUT2D eigenvalue weighted by Gasteiger charge is -2.21. The molecule has 0 aromatic heterocycles. The van der Waals surface area contributed by atoms with Gasteiger partial charge in [-0.05, 0) is 17.7 Å². The maximum absolute atomic E-state index is 13.9. The predicted octanol–water partition coefficient (Wildman–Crippen LogP) is 1.98. The van der Waals surface area contributed by atoms with Crippen LogP contribution in [0.4, 0.5) is 13.2 Å². The maximum Gasteiger partial charge on any atom is 0.328 e. The number of halogens is 3. The van der Waals surface area contributed by atoms with Crippen molar-refractivity contribution in [1.29, 1.82) is 0 Å². The quantitative estimate of drug-likeness (QED) is 0.721. The molecule has 0 atom stereocenters. The monoisotopic (exact) mass is 303 g/mol. The first kappa shape index (κ1) is 17.2. The number of benzene rings is 1. The van der Waals surface area contributed by atoms with Crippen LogP contribution in [0.1, 0.15) is 11.1 Å². The molecule has 0 saturated heterocycles. The number of nitrogens with zero attached hydrogens (tertiary/aromatic N) is 1. The van der Waals surface area contributed by atoms with E-state index in [9.17, 15) is 18.0 Å². The highest BCUT2D eigenvalue weighted by Crippen LogP contribution is 2.15. The van der Waals surface area contributed by atoms with Crippen molar-refractivity contribution < 1.29 is 28.2 Å². The molecule has 0 radical (unpaired) electrons. The summed E-state index contributed by atoms with van der Waals surface area (Å²) >= 11 is 0. The molecule has 116 valence electrons. The van der Waals surface area contributed by atoms with Crippen LogP contribution in [0.25, 0.3) is 6.08 Å². The molecule has 1 aromatic carbocycles. The summed E-state index contributed by atoms with van der Waals surface area (Å²) in [7, 11) is 0. The van der Waals surface area contributed by atoms with Crippen LogP contribution in [0.2, 0.25) is 0 Å². The van der Waals surface area contributed by atoms with Gasteiger partial charge in [-0.15, -0.1) is 0 Å². The Morgan fingerprint density at radius 3 is 2.62 bits per heavy atom. The first-order valence-corrected chi connectivity index (χ1v) is 6.23. The molecule has 0 aliphatic rings. The molecule has 0 unspecified atom stereocenters. The molecule has 0 spiro atoms. The summed E-state index contributed by atoms with van der Waals surface area (Å²) in [6, 6.07) is 4.04. The summed E-state index contributed by atoms with van der Waals surface area (Å²) in [5, 5.41) is 17.3. The second-order valence-electron chi connectivity index (χ2n) is 4.37. The van der Waals surface area contributed by atoms with E-state index in [4.69, 9.17) is 10.2 Å². The average molecular weight is 303 g/mol. The fourth-order valence-corrected chi connectivity index (χ4v) is 1.78. The number of carboxylic acids is 1. The van der Waals surface area contributed by atoms with Crippen molar-refractivity contribution in [2.24, 2.45) is 0 Å². The molecule has 0 fully saturated rings. The van der Waals surface area contributed by atoms with Gasteiger partial charge in [-0.25, -0.2) is 18.0 Å². The molecule has 0 heterocycles. The molecule has 1 aromatic rings. The summed E-state index contributed by atoms with van der Waals surface area (Å²) in [6.45, 7) is -0.890. The van der Waals surface area contributed by atoms with Crippen molar-refractivity contribution in [2.45, 2.75) is 13.0 Å². The lowest BCUT2D eigenvalue weighted by molar-refractivity contribution is -0.131. The number of rotatable bonds is 8. The molecule has 2 N–H and O–H groups in total. The number of hydrogen-bond donors (Lipinski definition) is 2. The van der Waals surface area contributed by atoms with Crippen LogP contribution in [0.3, 0.4) is 0 Å². The van der Waals surface area contributed by atoms with Crippen molar-refractivity contribution in [3.05, 3.63) is 41.2 Å². The summed E-state index contributed by atoms with van der Waals surface area (Å²) in [5.41, 5.74) is 0.567. The minimum absolute atomic E-state index is 0.0183. The molecule has 0 bridgehead atoms. The Bertz CT molecular complexity index is 506. The van der Waals surface area contributed by atoms with E-state index in [-0.39, 0.29) is 25.3 Å². The zero-order chi connectivity index (χ0) is 15.8. The number of alkyl halides is 2. The zero-order valence-electron chi connectivity index (χ0n) is 11.2. The summed E-state index contributed by atoms with van der Waals surface area (Å²) in [4.78, 5) is 11.6. The van der Waals surface area contributed by atoms with Crippen LogP contribution in [0.15, 0.2) is 24.3 Å². The molecule has 21 heavy (non-hydrogen) atoms. The Kier molecular flexibility index (Phi) is 6.90. The number of aliphatic carboxylic acids is 1. The van der Waals surface area contributed by atoms with Gasteiger partial charge >= 0.3 is 5.97 Å². The van der Waals surface area contributed by atoms with Crippen molar-refractivity contribution in [2.75, 3.05) is 19.7 Å². The van der Waals surface area contributed by atoms with E-state index in [1.165, 1.54) is 23.1 Å². The SMILES string of the molecule is O=C(O)/C=C/c1ccc(CN(CCO)CC(F)F)c(F)c1. The largest absolute Gasteiger partial charge is 0.478 e. The standard InChI is InChI=1S/C14H16F3NO3/c15-12-7-10(2-4-14(20)21)1-3-11(12)8-18(5-6-19)9-13(16)17/h1-4,7,13,19H,5-6,8-9H2,(H,20,21)/b4-2+. The second kappa shape index (κ2) is 8.43. The topological polar surface area (TPSA) is 60.8 Å². The summed E-state index contributed by atoms with van der Waals surface area (Å²) < 4.78 is 38.6. The van der Waals surface area contributed by atoms with Gasteiger partial charge in [0.15, 0.2) is 0 Å². The Balaban J connectivity index is 2.80. The average Bonchev–Trinajstić information content (AvgIpc) is 2.38. The lowest BCUT2D eigenvalue weighted by Crippen LogP contribution is -2.31. The molecule has 4 nitrogen and oxygen atoms in total. The third-order valence-corrected chi connectivity index (χ3v) is 2.70. The fraction of sp³-hybridized carbons (Fsp3) is 0.357. The molecular formula is C14H16F3NO3. The number of carbonyl (C=O) groups is 1. The van der Waals surface area contributed by atoms with Gasteiger partial charge in [-0.3, -0.25) is 4.90 Å². The summed E-state index contributed by atoms with van der Waals surface area (Å²) in [5.74, 6) is -1.76. The normalized spacial score (nSPS) is 11.7. The maximum atomic E-state index is 13.9. The van der Waals surface area contributed by atoms with E-state index in [1.54, 1.807) is 0 Å². The van der Waals surface area contributed by atoms with Crippen molar-refractivity contribution in [1.82, 2.24) is 4.90 Å². The Labute approximate surface area is 120 Å². The number of aliphatic hydroxyl groups excluding tert-OH is 1. The van der Waals surface area contributed by atoms with E-state index in [0.717, 1.165) is 12.1 Å². The fourth-order valence-electron chi connectivity index (χ4n) is 1.78. The molecule has 7 heteroatoms. The van der Waals surface area contributed by atoms with E-state index < -0.39 is 24.8 Å². The van der Waals surface area contributed by atoms with Crippen LogP contribution in [-0.4, -0.2) is 47.2 Å². The molecule has 0 aliphatic heterocycles. The third-order valence-electron chi connectivity index (χ3n) is 2.70. The van der Waals surface area contributed by atoms with E-state index in [0.29, 0.717) is 5.56 Å². The van der Waals surface area contributed by atoms with Crippen molar-refractivity contribution in [3.63, 3.8) is 0 Å². The van der Waals surface area contributed by atoms with Crippen molar-refractivity contribution in [3.8, 4) is 0 Å². The van der Waals surface area contributed by atoms with Gasteiger partial charge < -0.3 is 10.2 Å². The number of hydrogen-bond acceptors (Lipinski definition) is 3. The second-order valence-corrected chi connectivity index (χ2v) is 4.37. The molecular weight excluding hydrogens is 287 g/mol. The van der Waals surface area contributed by atoms with Crippen molar-refractivity contribution >= 4 is 12.0 Å². The van der Waals surface area contributed by atoms with E-state index in [2.05, 4.69) is 0 Å². The first-order valence-electron chi connectivity index (χ1n) is 6.23. The summed E-state index contributed by atoms with van der Waals surface area (Å²) in [6.07, 6.45) is -0.458. The molecule has 1 rings (SSSR count). The minimum Gasteiger partial charge on any atom is -0.478 e. The van der Waals surface area contributed by atoms with Gasteiger partial charge in [-0.1, -0.05) is 12.1 Å². The Morgan fingerprint density at radius 1 is 1.38 bits per heavy atom. The predicted molar refractivity (Wildman–Crippen MR) is 71.4 cm³/mol. The number of carboxylic acid groups (broad SMARTS) is 1. The number of aliphatic hydroxyl groups is 1. The molecule has 0 saturated carbocycles. The lowest BCUT2D eigenvalue weighted by atomic mass is 10.1. The van der Waals surface area contributed by atoms with E-state index >= 15 is 0 Å². The zero-order valence-corrected chi connectivity index (χ0v) is 11.2. The highest BCUT2D eigenvalue weighted by atomic mass is 19.3. The Hall–Kier alpha value is -1.86. The highest BCUT2D eigenvalue weighted by Gasteiger charge is 2.14. The van der Waals surface area contributed by atoms with Gasteiger partial charge in [-0.2, -0.15) is 0 Å².